The molecule has 0 fully saturated rings. The summed E-state index contributed by atoms with van der Waals surface area (Å²) < 4.78 is 5.81. The number of ether oxygens (including phenoxy) is 1. The van der Waals surface area contributed by atoms with Gasteiger partial charge in [0.05, 0.1) is 17.2 Å². The molecule has 1 heterocycles. The van der Waals surface area contributed by atoms with Crippen molar-refractivity contribution in [1.29, 1.82) is 0 Å². The predicted octanol–water partition coefficient (Wildman–Crippen LogP) is 4.17. The highest BCUT2D eigenvalue weighted by Crippen LogP contribution is 2.24. The molecule has 0 saturated heterocycles. The first kappa shape index (κ1) is 15.1. The first-order valence-corrected chi connectivity index (χ1v) is 8.04. The molecule has 3 aromatic carbocycles. The van der Waals surface area contributed by atoms with Crippen molar-refractivity contribution in [3.8, 4) is 16.9 Å². The fourth-order valence-corrected chi connectivity index (χ4v) is 2.73. The molecule has 0 spiro atoms. The molecule has 0 unspecified atom stereocenters. The number of hydrogen-bond donors (Lipinski definition) is 1. The predicted molar refractivity (Wildman–Crippen MR) is 98.6 cm³/mol. The summed E-state index contributed by atoms with van der Waals surface area (Å²) in [6.45, 7) is 0.545. The van der Waals surface area contributed by atoms with Crippen LogP contribution in [0, 0.1) is 0 Å². The van der Waals surface area contributed by atoms with Crippen LogP contribution >= 0.6 is 0 Å². The molecule has 1 N–H and O–H groups in total. The molecule has 4 rings (SSSR count). The minimum absolute atomic E-state index is 0.124. The molecule has 4 nitrogen and oxygen atoms in total. The summed E-state index contributed by atoms with van der Waals surface area (Å²) in [4.78, 5) is 18.6. The van der Waals surface area contributed by atoms with Crippen molar-refractivity contribution < 1.29 is 4.74 Å². The standard InChI is InChI=1S/C21H16N2O2/c24-21-19-11-8-17(12-20(19)22-14-23-21)16-6-9-18(10-7-16)25-13-15-4-2-1-3-5-15/h1-12,14H,13H2,(H,22,23,24). The van der Waals surface area contributed by atoms with Gasteiger partial charge in [0, 0.05) is 0 Å². The van der Waals surface area contributed by atoms with E-state index in [9.17, 15) is 4.79 Å². The van der Waals surface area contributed by atoms with Gasteiger partial charge in [-0.2, -0.15) is 0 Å². The normalized spacial score (nSPS) is 10.7. The number of aromatic amines is 1. The van der Waals surface area contributed by atoms with E-state index in [1.807, 2.05) is 66.7 Å². The van der Waals surface area contributed by atoms with E-state index in [2.05, 4.69) is 9.97 Å². The third-order valence-electron chi connectivity index (χ3n) is 4.08. The highest BCUT2D eigenvalue weighted by atomic mass is 16.5. The van der Waals surface area contributed by atoms with Crippen LogP contribution in [0.5, 0.6) is 5.75 Å². The Morgan fingerprint density at radius 3 is 2.44 bits per heavy atom. The molecule has 25 heavy (non-hydrogen) atoms. The summed E-state index contributed by atoms with van der Waals surface area (Å²) in [7, 11) is 0. The van der Waals surface area contributed by atoms with Gasteiger partial charge < -0.3 is 9.72 Å². The van der Waals surface area contributed by atoms with Crippen molar-refractivity contribution in [3.63, 3.8) is 0 Å². The average Bonchev–Trinajstić information content (AvgIpc) is 2.67. The van der Waals surface area contributed by atoms with Gasteiger partial charge in [-0.3, -0.25) is 4.79 Å². The Kier molecular flexibility index (Phi) is 4.01. The van der Waals surface area contributed by atoms with Gasteiger partial charge in [-0.25, -0.2) is 4.98 Å². The maximum absolute atomic E-state index is 11.7. The molecule has 122 valence electrons. The number of benzene rings is 3. The Balaban J connectivity index is 1.54. The highest BCUT2D eigenvalue weighted by Gasteiger charge is 2.04. The Hall–Kier alpha value is -3.40. The maximum atomic E-state index is 11.7. The Labute approximate surface area is 144 Å². The van der Waals surface area contributed by atoms with Gasteiger partial charge in [0.15, 0.2) is 0 Å². The topological polar surface area (TPSA) is 55.0 Å². The van der Waals surface area contributed by atoms with Crippen molar-refractivity contribution in [2.24, 2.45) is 0 Å². The van der Waals surface area contributed by atoms with Crippen molar-refractivity contribution in [1.82, 2.24) is 9.97 Å². The smallest absolute Gasteiger partial charge is 0.258 e. The number of fused-ring (bicyclic) bond motifs is 1. The fraction of sp³-hybridized carbons (Fsp3) is 0.0476. The first-order valence-electron chi connectivity index (χ1n) is 8.04. The molecule has 0 atom stereocenters. The molecule has 0 saturated carbocycles. The summed E-state index contributed by atoms with van der Waals surface area (Å²) in [5.74, 6) is 0.822. The minimum Gasteiger partial charge on any atom is -0.489 e. The van der Waals surface area contributed by atoms with Crippen LogP contribution in [-0.4, -0.2) is 9.97 Å². The zero-order chi connectivity index (χ0) is 17.1. The van der Waals surface area contributed by atoms with Gasteiger partial charge in [-0.15, -0.1) is 0 Å². The lowest BCUT2D eigenvalue weighted by atomic mass is 10.0. The molecule has 0 bridgehead atoms. The second-order valence-electron chi connectivity index (χ2n) is 5.76. The second-order valence-corrected chi connectivity index (χ2v) is 5.76. The maximum Gasteiger partial charge on any atom is 0.258 e. The summed E-state index contributed by atoms with van der Waals surface area (Å²) in [6.07, 6.45) is 1.43. The molecule has 0 radical (unpaired) electrons. The van der Waals surface area contributed by atoms with Gasteiger partial charge in [0.1, 0.15) is 12.4 Å². The Morgan fingerprint density at radius 1 is 0.880 bits per heavy atom. The monoisotopic (exact) mass is 328 g/mol. The molecular formula is C21H16N2O2. The SMILES string of the molecule is O=c1[nH]cnc2cc(-c3ccc(OCc4ccccc4)cc3)ccc12. The van der Waals surface area contributed by atoms with E-state index >= 15 is 0 Å². The van der Waals surface area contributed by atoms with Crippen LogP contribution in [0.1, 0.15) is 5.56 Å². The van der Waals surface area contributed by atoms with Crippen molar-refractivity contribution >= 4 is 10.9 Å². The van der Waals surface area contributed by atoms with Crippen LogP contribution < -0.4 is 10.3 Å². The first-order chi connectivity index (χ1) is 12.3. The lowest BCUT2D eigenvalue weighted by Crippen LogP contribution is -2.05. The number of rotatable bonds is 4. The van der Waals surface area contributed by atoms with Gasteiger partial charge in [0.25, 0.3) is 5.56 Å². The fourth-order valence-electron chi connectivity index (χ4n) is 2.73. The van der Waals surface area contributed by atoms with Crippen molar-refractivity contribution in [2.45, 2.75) is 6.61 Å². The molecule has 0 amide bonds. The van der Waals surface area contributed by atoms with E-state index in [-0.39, 0.29) is 5.56 Å². The number of H-pyrrole nitrogens is 1. The van der Waals surface area contributed by atoms with Crippen LogP contribution in [0.3, 0.4) is 0 Å². The van der Waals surface area contributed by atoms with Crippen molar-refractivity contribution in [2.75, 3.05) is 0 Å². The summed E-state index contributed by atoms with van der Waals surface area (Å²) >= 11 is 0. The minimum atomic E-state index is -0.124. The van der Waals surface area contributed by atoms with Crippen LogP contribution in [0.4, 0.5) is 0 Å². The molecule has 1 aromatic heterocycles. The largest absolute Gasteiger partial charge is 0.489 e. The lowest BCUT2D eigenvalue weighted by Gasteiger charge is -2.08. The number of aromatic nitrogens is 2. The van der Waals surface area contributed by atoms with E-state index in [0.29, 0.717) is 17.5 Å². The molecular weight excluding hydrogens is 312 g/mol. The quantitative estimate of drug-likeness (QED) is 0.612. The number of nitrogens with one attached hydrogen (secondary N) is 1. The zero-order valence-corrected chi connectivity index (χ0v) is 13.5. The van der Waals surface area contributed by atoms with E-state index in [1.54, 1.807) is 6.07 Å². The van der Waals surface area contributed by atoms with Gasteiger partial charge in [-0.1, -0.05) is 48.5 Å². The summed E-state index contributed by atoms with van der Waals surface area (Å²) in [5, 5.41) is 0.592. The third kappa shape index (κ3) is 3.28. The second kappa shape index (κ2) is 6.61. The Morgan fingerprint density at radius 2 is 1.64 bits per heavy atom. The van der Waals surface area contributed by atoms with E-state index < -0.39 is 0 Å². The van der Waals surface area contributed by atoms with Gasteiger partial charge in [-0.05, 0) is 41.0 Å². The van der Waals surface area contributed by atoms with E-state index in [4.69, 9.17) is 4.74 Å². The van der Waals surface area contributed by atoms with Crippen LogP contribution in [0.15, 0.2) is 83.9 Å². The van der Waals surface area contributed by atoms with E-state index in [0.717, 1.165) is 22.4 Å². The van der Waals surface area contributed by atoms with Crippen LogP contribution in [0.25, 0.3) is 22.0 Å². The van der Waals surface area contributed by atoms with Crippen LogP contribution in [-0.2, 0) is 6.61 Å². The zero-order valence-electron chi connectivity index (χ0n) is 13.5. The van der Waals surface area contributed by atoms with Crippen molar-refractivity contribution in [3.05, 3.63) is 95.0 Å². The summed E-state index contributed by atoms with van der Waals surface area (Å²) in [6, 6.07) is 23.6. The molecule has 0 aliphatic carbocycles. The number of hydrogen-bond acceptors (Lipinski definition) is 3. The molecule has 0 aliphatic rings. The third-order valence-corrected chi connectivity index (χ3v) is 4.08. The van der Waals surface area contributed by atoms with E-state index in [1.165, 1.54) is 6.33 Å². The van der Waals surface area contributed by atoms with Gasteiger partial charge >= 0.3 is 0 Å². The molecule has 0 aliphatic heterocycles. The number of nitrogens with zero attached hydrogens (tertiary/aromatic N) is 1. The lowest BCUT2D eigenvalue weighted by molar-refractivity contribution is 0.306. The Bertz CT molecular complexity index is 1050. The summed E-state index contributed by atoms with van der Waals surface area (Å²) in [5.41, 5.74) is 3.76. The molecule has 4 heteroatoms. The average molecular weight is 328 g/mol. The highest BCUT2D eigenvalue weighted by molar-refractivity contribution is 5.83. The molecule has 4 aromatic rings. The van der Waals surface area contributed by atoms with Gasteiger partial charge in [0.2, 0.25) is 0 Å². The van der Waals surface area contributed by atoms with Crippen LogP contribution in [0.2, 0.25) is 0 Å².